The summed E-state index contributed by atoms with van der Waals surface area (Å²) >= 11 is 0. The van der Waals surface area contributed by atoms with Gasteiger partial charge >= 0.3 is 0 Å². The van der Waals surface area contributed by atoms with E-state index in [-0.39, 0.29) is 11.5 Å². The Kier molecular flexibility index (Phi) is 6.69. The topological polar surface area (TPSA) is 73.5 Å². The average Bonchev–Trinajstić information content (AvgIpc) is 3.01. The molecule has 0 bridgehead atoms. The number of benzene rings is 1. The van der Waals surface area contributed by atoms with Gasteiger partial charge in [-0.05, 0) is 38.3 Å². The van der Waals surface area contributed by atoms with Crippen molar-refractivity contribution in [3.05, 3.63) is 58.9 Å². The van der Waals surface area contributed by atoms with E-state index >= 15 is 0 Å². The summed E-state index contributed by atoms with van der Waals surface area (Å²) in [6.07, 6.45) is 1.39. The Hall–Kier alpha value is -1.96. The van der Waals surface area contributed by atoms with Crippen LogP contribution in [0.2, 0.25) is 0 Å². The Bertz CT molecular complexity index is 898. The number of aromatic amines is 1. The summed E-state index contributed by atoms with van der Waals surface area (Å²) < 4.78 is 26.8. The normalized spacial score (nSPS) is 16.4. The molecule has 0 aliphatic carbocycles. The second kappa shape index (κ2) is 9.03. The molecule has 28 heavy (non-hydrogen) atoms. The van der Waals surface area contributed by atoms with Gasteiger partial charge in [-0.3, -0.25) is 9.69 Å². The molecule has 1 aliphatic heterocycles. The summed E-state index contributed by atoms with van der Waals surface area (Å²) in [6, 6.07) is 11.8. The van der Waals surface area contributed by atoms with Crippen LogP contribution in [0.5, 0.6) is 0 Å². The summed E-state index contributed by atoms with van der Waals surface area (Å²) in [5.74, 6) is 0.254. The van der Waals surface area contributed by atoms with Gasteiger partial charge in [0.25, 0.3) is 0 Å². The smallest absolute Gasteiger partial charge is 0.214 e. The van der Waals surface area contributed by atoms with Gasteiger partial charge in [0.05, 0.1) is 12.3 Å². The van der Waals surface area contributed by atoms with Gasteiger partial charge in [0, 0.05) is 43.1 Å². The van der Waals surface area contributed by atoms with Crippen LogP contribution >= 0.6 is 0 Å². The van der Waals surface area contributed by atoms with Crippen molar-refractivity contribution in [2.75, 3.05) is 38.5 Å². The van der Waals surface area contributed by atoms with Gasteiger partial charge in [-0.25, -0.2) is 8.42 Å². The molecule has 3 rings (SSSR count). The number of H-pyrrole nitrogens is 1. The first-order valence-electron chi connectivity index (χ1n) is 9.78. The molecule has 1 N–H and O–H groups in total. The van der Waals surface area contributed by atoms with Gasteiger partial charge in [0.15, 0.2) is 5.78 Å². The SMILES string of the molecule is Cc1cc(C(=O)CN2CCN(S(=O)(=O)CCCc3ccccc3)CC2)c(C)[nH]1. The van der Waals surface area contributed by atoms with Crippen LogP contribution in [-0.2, 0) is 16.4 Å². The molecule has 2 heterocycles. The molecular formula is C21H29N3O3S. The van der Waals surface area contributed by atoms with E-state index in [1.54, 1.807) is 4.31 Å². The Labute approximate surface area is 167 Å². The van der Waals surface area contributed by atoms with Gasteiger partial charge < -0.3 is 4.98 Å². The lowest BCUT2D eigenvalue weighted by Gasteiger charge is -2.33. The standard InChI is InChI=1S/C21H29N3O3S/c1-17-15-20(18(2)22-17)21(25)16-23-10-12-24(13-11-23)28(26,27)14-6-9-19-7-4-3-5-8-19/h3-5,7-8,15,22H,6,9-14,16H2,1-2H3. The van der Waals surface area contributed by atoms with Crippen molar-refractivity contribution in [2.24, 2.45) is 0 Å². The summed E-state index contributed by atoms with van der Waals surface area (Å²) in [5.41, 5.74) is 3.76. The summed E-state index contributed by atoms with van der Waals surface area (Å²) in [5, 5.41) is 0. The van der Waals surface area contributed by atoms with Crippen LogP contribution in [-0.4, -0.2) is 66.9 Å². The highest BCUT2D eigenvalue weighted by atomic mass is 32.2. The lowest BCUT2D eigenvalue weighted by Crippen LogP contribution is -2.50. The minimum Gasteiger partial charge on any atom is -0.362 e. The molecule has 7 heteroatoms. The maximum atomic E-state index is 12.6. The lowest BCUT2D eigenvalue weighted by molar-refractivity contribution is 0.0901. The first kappa shape index (κ1) is 20.8. The molecule has 1 aromatic heterocycles. The third-order valence-corrected chi connectivity index (χ3v) is 7.21. The molecule has 0 saturated carbocycles. The number of rotatable bonds is 8. The van der Waals surface area contributed by atoms with E-state index in [1.807, 2.05) is 55.1 Å². The van der Waals surface area contributed by atoms with E-state index in [2.05, 4.69) is 4.98 Å². The van der Waals surface area contributed by atoms with Crippen molar-refractivity contribution < 1.29 is 13.2 Å². The van der Waals surface area contributed by atoms with E-state index in [1.165, 1.54) is 0 Å². The van der Waals surface area contributed by atoms with E-state index in [0.717, 1.165) is 28.9 Å². The van der Waals surface area contributed by atoms with Crippen LogP contribution in [0.1, 0.15) is 33.7 Å². The van der Waals surface area contributed by atoms with Crippen molar-refractivity contribution in [2.45, 2.75) is 26.7 Å². The van der Waals surface area contributed by atoms with Gasteiger partial charge in [-0.2, -0.15) is 4.31 Å². The van der Waals surface area contributed by atoms with E-state index in [0.29, 0.717) is 39.1 Å². The third-order valence-electron chi connectivity index (χ3n) is 5.25. The number of sulfonamides is 1. The molecule has 0 amide bonds. The van der Waals surface area contributed by atoms with E-state index in [9.17, 15) is 13.2 Å². The van der Waals surface area contributed by atoms with E-state index < -0.39 is 10.0 Å². The highest BCUT2D eigenvalue weighted by Crippen LogP contribution is 2.14. The number of aryl methyl sites for hydroxylation is 3. The molecule has 152 valence electrons. The molecule has 1 saturated heterocycles. The lowest BCUT2D eigenvalue weighted by atomic mass is 10.1. The second-order valence-corrected chi connectivity index (χ2v) is 9.58. The van der Waals surface area contributed by atoms with Crippen LogP contribution in [0.3, 0.4) is 0 Å². The molecule has 1 aliphatic rings. The molecule has 0 radical (unpaired) electrons. The average molecular weight is 404 g/mol. The highest BCUT2D eigenvalue weighted by molar-refractivity contribution is 7.89. The predicted molar refractivity (Wildman–Crippen MR) is 111 cm³/mol. The van der Waals surface area contributed by atoms with Crippen LogP contribution in [0.25, 0.3) is 0 Å². The van der Waals surface area contributed by atoms with Crippen LogP contribution in [0, 0.1) is 13.8 Å². The van der Waals surface area contributed by atoms with Crippen molar-refractivity contribution in [3.8, 4) is 0 Å². The highest BCUT2D eigenvalue weighted by Gasteiger charge is 2.27. The number of aromatic nitrogens is 1. The monoisotopic (exact) mass is 403 g/mol. The zero-order valence-corrected chi connectivity index (χ0v) is 17.5. The zero-order chi connectivity index (χ0) is 20.1. The fourth-order valence-corrected chi connectivity index (χ4v) is 5.19. The molecule has 1 fully saturated rings. The summed E-state index contributed by atoms with van der Waals surface area (Å²) in [4.78, 5) is 17.7. The van der Waals surface area contributed by atoms with Crippen LogP contribution in [0.4, 0.5) is 0 Å². The molecule has 0 spiro atoms. The minimum absolute atomic E-state index is 0.0843. The number of hydrogen-bond acceptors (Lipinski definition) is 4. The number of Topliss-reactive ketones (excluding diaryl/α,β-unsaturated/α-hetero) is 1. The van der Waals surface area contributed by atoms with Gasteiger partial charge in [0.2, 0.25) is 10.0 Å². The van der Waals surface area contributed by atoms with Crippen molar-refractivity contribution in [3.63, 3.8) is 0 Å². The number of piperazine rings is 1. The molecule has 0 atom stereocenters. The van der Waals surface area contributed by atoms with Crippen LogP contribution in [0.15, 0.2) is 36.4 Å². The number of ketones is 1. The number of nitrogens with zero attached hydrogens (tertiary/aromatic N) is 2. The number of nitrogens with one attached hydrogen (secondary N) is 1. The first-order chi connectivity index (χ1) is 13.3. The maximum absolute atomic E-state index is 12.6. The Balaban J connectivity index is 1.46. The molecule has 1 aromatic carbocycles. The van der Waals surface area contributed by atoms with Gasteiger partial charge in [-0.15, -0.1) is 0 Å². The fourth-order valence-electron chi connectivity index (χ4n) is 3.70. The molecule has 2 aromatic rings. The van der Waals surface area contributed by atoms with Crippen molar-refractivity contribution in [1.82, 2.24) is 14.2 Å². The fraction of sp³-hybridized carbons (Fsp3) is 0.476. The molecular weight excluding hydrogens is 374 g/mol. The van der Waals surface area contributed by atoms with Crippen LogP contribution < -0.4 is 0 Å². The second-order valence-electron chi connectivity index (χ2n) is 7.49. The number of hydrogen-bond donors (Lipinski definition) is 1. The molecule has 6 nitrogen and oxygen atoms in total. The maximum Gasteiger partial charge on any atom is 0.214 e. The van der Waals surface area contributed by atoms with Crippen molar-refractivity contribution >= 4 is 15.8 Å². The third kappa shape index (κ3) is 5.31. The van der Waals surface area contributed by atoms with Gasteiger partial charge in [0.1, 0.15) is 0 Å². The number of carbonyl (C=O) groups excluding carboxylic acids is 1. The number of carbonyl (C=O) groups is 1. The Morgan fingerprint density at radius 2 is 1.75 bits per heavy atom. The Morgan fingerprint density at radius 3 is 2.36 bits per heavy atom. The largest absolute Gasteiger partial charge is 0.362 e. The van der Waals surface area contributed by atoms with E-state index in [4.69, 9.17) is 0 Å². The van der Waals surface area contributed by atoms with Gasteiger partial charge in [-0.1, -0.05) is 30.3 Å². The minimum atomic E-state index is -3.24. The summed E-state index contributed by atoms with van der Waals surface area (Å²) in [6.45, 7) is 6.25. The summed E-state index contributed by atoms with van der Waals surface area (Å²) in [7, 11) is -3.24. The van der Waals surface area contributed by atoms with Crippen molar-refractivity contribution in [1.29, 1.82) is 0 Å². The quantitative estimate of drug-likeness (QED) is 0.687. The predicted octanol–water partition coefficient (Wildman–Crippen LogP) is 2.39. The Morgan fingerprint density at radius 1 is 1.07 bits per heavy atom. The molecule has 0 unspecified atom stereocenters. The first-order valence-corrected chi connectivity index (χ1v) is 11.4. The zero-order valence-electron chi connectivity index (χ0n) is 16.6.